The second-order valence-corrected chi connectivity index (χ2v) is 5.77. The van der Waals surface area contributed by atoms with Crippen molar-refractivity contribution in [3.05, 3.63) is 48.3 Å². The van der Waals surface area contributed by atoms with Gasteiger partial charge in [0.15, 0.2) is 11.6 Å². The largest absolute Gasteiger partial charge is 0.503 e. The van der Waals surface area contributed by atoms with Crippen LogP contribution in [0, 0.1) is 5.92 Å². The van der Waals surface area contributed by atoms with Crippen molar-refractivity contribution in [3.8, 4) is 17.0 Å². The Kier molecular flexibility index (Phi) is 6.21. The van der Waals surface area contributed by atoms with E-state index in [9.17, 15) is 5.11 Å². The Morgan fingerprint density at radius 1 is 1.29 bits per heavy atom. The molecule has 1 unspecified atom stereocenters. The second kappa shape index (κ2) is 8.36. The first kappa shape index (κ1) is 17.8. The maximum Gasteiger partial charge on any atom is 0.198 e. The molecular formula is C19H24N4O. The van der Waals surface area contributed by atoms with Gasteiger partial charge in [0.1, 0.15) is 12.0 Å². The van der Waals surface area contributed by atoms with Gasteiger partial charge in [-0.15, -0.1) is 0 Å². The van der Waals surface area contributed by atoms with Crippen molar-refractivity contribution in [1.82, 2.24) is 9.97 Å². The molecule has 1 aromatic heterocycles. The minimum absolute atomic E-state index is 0.0126. The molecule has 0 amide bonds. The van der Waals surface area contributed by atoms with Gasteiger partial charge in [0, 0.05) is 11.3 Å². The van der Waals surface area contributed by atoms with Gasteiger partial charge >= 0.3 is 0 Å². The molecule has 5 nitrogen and oxygen atoms in total. The van der Waals surface area contributed by atoms with Crippen LogP contribution in [0.1, 0.15) is 26.3 Å². The van der Waals surface area contributed by atoms with Crippen LogP contribution in [-0.2, 0) is 6.42 Å². The summed E-state index contributed by atoms with van der Waals surface area (Å²) in [6.45, 7) is 6.58. The number of aromatic hydroxyl groups is 1. The standard InChI is InChI=1S/C19H24N4O/c1-4-15-7-9-16(10-8-15)17-18(24)19(22-12-21-17)23-14(3)6-5-13(2)11-20/h5-10,12-13,24H,4,11,20H2,1-3H3/b6-5-,23-14?. The third-order valence-corrected chi connectivity index (χ3v) is 3.76. The fourth-order valence-electron chi connectivity index (χ4n) is 2.15. The number of nitrogens with two attached hydrogens (primary N) is 1. The molecule has 0 radical (unpaired) electrons. The van der Waals surface area contributed by atoms with Crippen molar-refractivity contribution < 1.29 is 5.11 Å². The summed E-state index contributed by atoms with van der Waals surface area (Å²) in [6, 6.07) is 7.96. The van der Waals surface area contributed by atoms with Crippen LogP contribution in [0.25, 0.3) is 11.3 Å². The lowest BCUT2D eigenvalue weighted by Gasteiger charge is -2.06. The SMILES string of the molecule is CCc1ccc(-c2ncnc(N=C(C)/C=C\C(C)CN)c2O)cc1. The average Bonchev–Trinajstić information content (AvgIpc) is 2.61. The molecule has 1 atom stereocenters. The third kappa shape index (κ3) is 4.49. The number of aliphatic imine (C=N–C) groups is 1. The Labute approximate surface area is 143 Å². The van der Waals surface area contributed by atoms with E-state index >= 15 is 0 Å². The number of benzene rings is 1. The Hall–Kier alpha value is -2.53. The minimum Gasteiger partial charge on any atom is -0.503 e. The van der Waals surface area contributed by atoms with Crippen LogP contribution >= 0.6 is 0 Å². The number of aromatic nitrogens is 2. The summed E-state index contributed by atoms with van der Waals surface area (Å²) < 4.78 is 0. The maximum atomic E-state index is 10.5. The summed E-state index contributed by atoms with van der Waals surface area (Å²) >= 11 is 0. The number of hydrogen-bond donors (Lipinski definition) is 2. The van der Waals surface area contributed by atoms with Crippen LogP contribution in [-0.4, -0.2) is 27.3 Å². The highest BCUT2D eigenvalue weighted by Gasteiger charge is 2.11. The zero-order valence-electron chi connectivity index (χ0n) is 14.4. The molecule has 1 heterocycles. The Morgan fingerprint density at radius 3 is 2.62 bits per heavy atom. The van der Waals surface area contributed by atoms with E-state index in [1.54, 1.807) is 0 Å². The lowest BCUT2D eigenvalue weighted by Crippen LogP contribution is -2.07. The van der Waals surface area contributed by atoms with Gasteiger partial charge in [0.25, 0.3) is 0 Å². The van der Waals surface area contributed by atoms with Gasteiger partial charge in [-0.05, 0) is 37.4 Å². The molecule has 1 aromatic carbocycles. The topological polar surface area (TPSA) is 84.4 Å². The molecule has 0 saturated heterocycles. The number of hydrogen-bond acceptors (Lipinski definition) is 5. The molecule has 2 aromatic rings. The second-order valence-electron chi connectivity index (χ2n) is 5.77. The van der Waals surface area contributed by atoms with Crippen molar-refractivity contribution in [2.75, 3.05) is 6.54 Å². The zero-order valence-corrected chi connectivity index (χ0v) is 14.4. The predicted octanol–water partition coefficient (Wildman–Crippen LogP) is 3.66. The lowest BCUT2D eigenvalue weighted by molar-refractivity contribution is 0.474. The third-order valence-electron chi connectivity index (χ3n) is 3.76. The van der Waals surface area contributed by atoms with Crippen molar-refractivity contribution in [3.63, 3.8) is 0 Å². The Morgan fingerprint density at radius 2 is 2.00 bits per heavy atom. The molecule has 2 rings (SSSR count). The molecule has 0 bridgehead atoms. The molecule has 0 fully saturated rings. The molecule has 0 aliphatic rings. The van der Waals surface area contributed by atoms with Gasteiger partial charge in [-0.25, -0.2) is 15.0 Å². The minimum atomic E-state index is -0.0126. The van der Waals surface area contributed by atoms with Gasteiger partial charge in [0.05, 0.1) is 0 Å². The van der Waals surface area contributed by atoms with Gasteiger partial charge in [-0.3, -0.25) is 0 Å². The fourth-order valence-corrected chi connectivity index (χ4v) is 2.15. The van der Waals surface area contributed by atoms with E-state index in [-0.39, 0.29) is 17.5 Å². The highest BCUT2D eigenvalue weighted by molar-refractivity contribution is 5.95. The summed E-state index contributed by atoms with van der Waals surface area (Å²) in [5.41, 5.74) is 8.90. The smallest absolute Gasteiger partial charge is 0.198 e. The van der Waals surface area contributed by atoms with E-state index in [0.717, 1.165) is 17.7 Å². The van der Waals surface area contributed by atoms with Crippen LogP contribution in [0.3, 0.4) is 0 Å². The zero-order chi connectivity index (χ0) is 17.5. The van der Waals surface area contributed by atoms with Crippen LogP contribution in [0.15, 0.2) is 47.7 Å². The van der Waals surface area contributed by atoms with Gasteiger partial charge in [0.2, 0.25) is 0 Å². The summed E-state index contributed by atoms with van der Waals surface area (Å²) in [5.74, 6) is 0.533. The van der Waals surface area contributed by atoms with Crippen molar-refractivity contribution in [2.24, 2.45) is 16.6 Å². The molecule has 126 valence electrons. The van der Waals surface area contributed by atoms with Crippen LogP contribution in [0.5, 0.6) is 5.75 Å². The highest BCUT2D eigenvalue weighted by atomic mass is 16.3. The summed E-state index contributed by atoms with van der Waals surface area (Å²) in [6.07, 6.45) is 6.26. The quantitative estimate of drug-likeness (QED) is 0.794. The average molecular weight is 324 g/mol. The number of rotatable bonds is 6. The molecule has 0 spiro atoms. The highest BCUT2D eigenvalue weighted by Crippen LogP contribution is 2.33. The van der Waals surface area contributed by atoms with Gasteiger partial charge < -0.3 is 10.8 Å². The molecule has 3 N–H and O–H groups in total. The number of nitrogens with zero attached hydrogens (tertiary/aromatic N) is 3. The molecule has 0 saturated carbocycles. The lowest BCUT2D eigenvalue weighted by atomic mass is 10.1. The number of allylic oxidation sites excluding steroid dienone is 1. The van der Waals surface area contributed by atoms with Crippen LogP contribution in [0.4, 0.5) is 5.82 Å². The Bertz CT molecular complexity index is 736. The monoisotopic (exact) mass is 324 g/mol. The first-order chi connectivity index (χ1) is 11.5. The summed E-state index contributed by atoms with van der Waals surface area (Å²) in [5, 5.41) is 10.5. The predicted molar refractivity (Wildman–Crippen MR) is 98.6 cm³/mol. The van der Waals surface area contributed by atoms with Crippen LogP contribution in [0.2, 0.25) is 0 Å². The molecule has 0 aliphatic carbocycles. The first-order valence-electron chi connectivity index (χ1n) is 8.12. The molecule has 0 aliphatic heterocycles. The van der Waals surface area contributed by atoms with Gasteiger partial charge in [-0.2, -0.15) is 0 Å². The molecule has 5 heteroatoms. The van der Waals surface area contributed by atoms with Crippen molar-refractivity contribution in [1.29, 1.82) is 0 Å². The van der Waals surface area contributed by atoms with Gasteiger partial charge in [-0.1, -0.05) is 44.2 Å². The van der Waals surface area contributed by atoms with E-state index in [1.807, 2.05) is 50.3 Å². The van der Waals surface area contributed by atoms with Crippen molar-refractivity contribution in [2.45, 2.75) is 27.2 Å². The number of aryl methyl sites for hydroxylation is 1. The van der Waals surface area contributed by atoms with E-state index < -0.39 is 0 Å². The normalized spacial score (nSPS) is 13.4. The summed E-state index contributed by atoms with van der Waals surface area (Å²) in [4.78, 5) is 12.6. The first-order valence-corrected chi connectivity index (χ1v) is 8.12. The van der Waals surface area contributed by atoms with Crippen molar-refractivity contribution >= 4 is 11.5 Å². The summed E-state index contributed by atoms with van der Waals surface area (Å²) in [7, 11) is 0. The van der Waals surface area contributed by atoms with Crippen LogP contribution < -0.4 is 5.73 Å². The van der Waals surface area contributed by atoms with E-state index in [1.165, 1.54) is 11.9 Å². The van der Waals surface area contributed by atoms with E-state index in [2.05, 4.69) is 21.9 Å². The fraction of sp³-hybridized carbons (Fsp3) is 0.316. The molecular weight excluding hydrogens is 300 g/mol. The molecule has 24 heavy (non-hydrogen) atoms. The Balaban J connectivity index is 2.31. The van der Waals surface area contributed by atoms with E-state index in [0.29, 0.717) is 12.2 Å². The maximum absolute atomic E-state index is 10.5. The van der Waals surface area contributed by atoms with E-state index in [4.69, 9.17) is 5.73 Å².